The maximum absolute atomic E-state index is 13.7. The van der Waals surface area contributed by atoms with Crippen LogP contribution in [0.3, 0.4) is 0 Å². The van der Waals surface area contributed by atoms with Gasteiger partial charge in [0.2, 0.25) is 0 Å². The summed E-state index contributed by atoms with van der Waals surface area (Å²) in [5, 5.41) is 9.23. The van der Waals surface area contributed by atoms with Crippen molar-refractivity contribution in [2.24, 2.45) is 11.8 Å². The summed E-state index contributed by atoms with van der Waals surface area (Å²) in [4.78, 5) is 0. The van der Waals surface area contributed by atoms with E-state index in [-0.39, 0.29) is 29.0 Å². The molecule has 1 nitrogen and oxygen atoms in total. The molecule has 1 aromatic rings. The second-order valence-corrected chi connectivity index (χ2v) is 5.56. The molecular formula is C13H17BrF2O. The van der Waals surface area contributed by atoms with Crippen LogP contribution in [0.5, 0.6) is 0 Å². The molecule has 4 heteroatoms. The highest BCUT2D eigenvalue weighted by molar-refractivity contribution is 9.10. The average Bonchev–Trinajstić information content (AvgIpc) is 2.27. The molecule has 17 heavy (non-hydrogen) atoms. The molecule has 0 amide bonds. The van der Waals surface area contributed by atoms with E-state index in [0.29, 0.717) is 5.92 Å². The fourth-order valence-corrected chi connectivity index (χ4v) is 2.31. The Kier molecular flexibility index (Phi) is 5.53. The molecule has 0 aliphatic carbocycles. The van der Waals surface area contributed by atoms with Crippen molar-refractivity contribution < 1.29 is 13.9 Å². The lowest BCUT2D eigenvalue weighted by Gasteiger charge is -2.17. The van der Waals surface area contributed by atoms with Crippen LogP contribution >= 0.6 is 15.9 Å². The van der Waals surface area contributed by atoms with E-state index in [1.54, 1.807) is 0 Å². The highest BCUT2D eigenvalue weighted by Crippen LogP contribution is 2.25. The molecule has 1 unspecified atom stereocenters. The zero-order chi connectivity index (χ0) is 13.0. The van der Waals surface area contributed by atoms with Crippen LogP contribution < -0.4 is 0 Å². The van der Waals surface area contributed by atoms with Gasteiger partial charge in [0.05, 0.1) is 4.47 Å². The minimum absolute atomic E-state index is 0.0520. The Morgan fingerprint density at radius 1 is 1.29 bits per heavy atom. The largest absolute Gasteiger partial charge is 0.396 e. The molecule has 0 fully saturated rings. The molecule has 0 saturated carbocycles. The van der Waals surface area contributed by atoms with Gasteiger partial charge >= 0.3 is 0 Å². The Hall–Kier alpha value is -0.480. The number of hydrogen-bond donors (Lipinski definition) is 1. The zero-order valence-electron chi connectivity index (χ0n) is 10.0. The van der Waals surface area contributed by atoms with Crippen LogP contribution in [0.1, 0.15) is 25.8 Å². The topological polar surface area (TPSA) is 20.2 Å². The Morgan fingerprint density at radius 2 is 1.94 bits per heavy atom. The third-order valence-corrected chi connectivity index (χ3v) is 3.31. The predicted molar refractivity (Wildman–Crippen MR) is 67.8 cm³/mol. The molecule has 1 atom stereocenters. The average molecular weight is 307 g/mol. The minimum Gasteiger partial charge on any atom is -0.396 e. The molecule has 0 aliphatic heterocycles. The molecule has 0 radical (unpaired) electrons. The van der Waals surface area contributed by atoms with Gasteiger partial charge in [-0.15, -0.1) is 0 Å². The molecule has 0 aromatic heterocycles. The number of aliphatic hydroxyl groups is 1. The molecule has 1 aromatic carbocycles. The van der Waals surface area contributed by atoms with Gasteiger partial charge in [-0.25, -0.2) is 8.78 Å². The highest BCUT2D eigenvalue weighted by atomic mass is 79.9. The summed E-state index contributed by atoms with van der Waals surface area (Å²) in [5.41, 5.74) is 0.0547. The van der Waals surface area contributed by atoms with Crippen molar-refractivity contribution >= 4 is 15.9 Å². The quantitative estimate of drug-likeness (QED) is 0.817. The van der Waals surface area contributed by atoms with Crippen molar-refractivity contribution in [2.45, 2.75) is 26.7 Å². The summed E-state index contributed by atoms with van der Waals surface area (Å²) in [6, 6.07) is 2.59. The first-order valence-corrected chi connectivity index (χ1v) is 6.48. The van der Waals surface area contributed by atoms with Crippen LogP contribution in [0.4, 0.5) is 8.78 Å². The minimum atomic E-state index is -0.563. The van der Waals surface area contributed by atoms with E-state index >= 15 is 0 Å². The summed E-state index contributed by atoms with van der Waals surface area (Å²) >= 11 is 3.04. The van der Waals surface area contributed by atoms with Gasteiger partial charge in [0.25, 0.3) is 0 Å². The lowest BCUT2D eigenvalue weighted by molar-refractivity contribution is 0.203. The SMILES string of the molecule is CC(C)CC(CO)Cc1c(F)ccc(Br)c1F. The van der Waals surface area contributed by atoms with Crippen LogP contribution in [0.15, 0.2) is 16.6 Å². The number of benzene rings is 1. The monoisotopic (exact) mass is 306 g/mol. The number of hydrogen-bond acceptors (Lipinski definition) is 1. The summed E-state index contributed by atoms with van der Waals surface area (Å²) in [6.07, 6.45) is 0.980. The third kappa shape index (κ3) is 4.03. The van der Waals surface area contributed by atoms with Gasteiger partial charge in [-0.2, -0.15) is 0 Å². The van der Waals surface area contributed by atoms with Gasteiger partial charge in [0, 0.05) is 12.2 Å². The number of halogens is 3. The van der Waals surface area contributed by atoms with Crippen LogP contribution in [0, 0.1) is 23.5 Å². The van der Waals surface area contributed by atoms with Gasteiger partial charge in [0.15, 0.2) is 0 Å². The molecule has 0 bridgehead atoms. The summed E-state index contributed by atoms with van der Waals surface area (Å²) in [5.74, 6) is -0.821. The van der Waals surface area contributed by atoms with E-state index in [9.17, 15) is 13.9 Å². The molecule has 0 saturated heterocycles. The van der Waals surface area contributed by atoms with Gasteiger partial charge in [-0.3, -0.25) is 0 Å². The van der Waals surface area contributed by atoms with Crippen molar-refractivity contribution in [3.05, 3.63) is 33.8 Å². The van der Waals surface area contributed by atoms with Crippen LogP contribution in [0.25, 0.3) is 0 Å². The highest BCUT2D eigenvalue weighted by Gasteiger charge is 2.18. The van der Waals surface area contributed by atoms with Crippen LogP contribution in [-0.4, -0.2) is 11.7 Å². The summed E-state index contributed by atoms with van der Waals surface area (Å²) in [6.45, 7) is 4.00. The van der Waals surface area contributed by atoms with Gasteiger partial charge in [-0.05, 0) is 52.7 Å². The molecular weight excluding hydrogens is 290 g/mol. The fourth-order valence-electron chi connectivity index (χ4n) is 1.93. The lowest BCUT2D eigenvalue weighted by atomic mass is 9.91. The molecule has 0 spiro atoms. The standard InChI is InChI=1S/C13H17BrF2O/c1-8(2)5-9(7-17)6-10-12(15)4-3-11(14)13(10)16/h3-4,8-9,17H,5-7H2,1-2H3. The van der Waals surface area contributed by atoms with Gasteiger partial charge < -0.3 is 5.11 Å². The normalized spacial score (nSPS) is 13.1. The first-order chi connectivity index (χ1) is 7.95. The Bertz CT molecular complexity index is 380. The number of rotatable bonds is 5. The maximum atomic E-state index is 13.7. The summed E-state index contributed by atoms with van der Waals surface area (Å²) in [7, 11) is 0. The second-order valence-electron chi connectivity index (χ2n) is 4.70. The van der Waals surface area contributed by atoms with E-state index < -0.39 is 11.6 Å². The molecule has 0 heterocycles. The zero-order valence-corrected chi connectivity index (χ0v) is 11.6. The first-order valence-electron chi connectivity index (χ1n) is 5.69. The number of aliphatic hydroxyl groups excluding tert-OH is 1. The van der Waals surface area contributed by atoms with E-state index in [1.165, 1.54) is 12.1 Å². The van der Waals surface area contributed by atoms with Crippen LogP contribution in [-0.2, 0) is 6.42 Å². The molecule has 1 N–H and O–H groups in total. The maximum Gasteiger partial charge on any atom is 0.143 e. The van der Waals surface area contributed by atoms with Gasteiger partial charge in [0.1, 0.15) is 11.6 Å². The molecule has 96 valence electrons. The van der Waals surface area contributed by atoms with E-state index in [4.69, 9.17) is 0 Å². The van der Waals surface area contributed by atoms with Crippen molar-refractivity contribution in [3.63, 3.8) is 0 Å². The van der Waals surface area contributed by atoms with E-state index in [0.717, 1.165) is 6.42 Å². The van der Waals surface area contributed by atoms with Crippen molar-refractivity contribution in [3.8, 4) is 0 Å². The Labute approximate surface area is 109 Å². The Morgan fingerprint density at radius 3 is 2.47 bits per heavy atom. The first kappa shape index (κ1) is 14.6. The second kappa shape index (κ2) is 6.45. The third-order valence-electron chi connectivity index (χ3n) is 2.69. The fraction of sp³-hybridized carbons (Fsp3) is 0.538. The van der Waals surface area contributed by atoms with E-state index in [1.807, 2.05) is 13.8 Å². The van der Waals surface area contributed by atoms with Crippen molar-refractivity contribution in [1.29, 1.82) is 0 Å². The van der Waals surface area contributed by atoms with Crippen molar-refractivity contribution in [1.82, 2.24) is 0 Å². The smallest absolute Gasteiger partial charge is 0.143 e. The predicted octanol–water partition coefficient (Wildman–Crippen LogP) is 3.92. The molecule has 0 aliphatic rings. The van der Waals surface area contributed by atoms with Crippen molar-refractivity contribution in [2.75, 3.05) is 6.61 Å². The van der Waals surface area contributed by atoms with E-state index in [2.05, 4.69) is 15.9 Å². The summed E-state index contributed by atoms with van der Waals surface area (Å²) < 4.78 is 27.5. The lowest BCUT2D eigenvalue weighted by Crippen LogP contribution is -2.14. The van der Waals surface area contributed by atoms with Gasteiger partial charge in [-0.1, -0.05) is 13.8 Å². The molecule has 1 rings (SSSR count). The van der Waals surface area contributed by atoms with Crippen LogP contribution in [0.2, 0.25) is 0 Å². The Balaban J connectivity index is 2.89.